The third-order valence-electron chi connectivity index (χ3n) is 4.37. The Hall–Kier alpha value is -3.17. The number of nitrogens with one attached hydrogen (secondary N) is 1. The third kappa shape index (κ3) is 4.37. The highest BCUT2D eigenvalue weighted by Crippen LogP contribution is 2.29. The molecule has 2 heterocycles. The van der Waals surface area contributed by atoms with E-state index in [9.17, 15) is 0 Å². The van der Waals surface area contributed by atoms with Crippen LogP contribution in [0.15, 0.2) is 53.7 Å². The molecule has 0 unspecified atom stereocenters. The number of para-hydroxylation sites is 1. The fraction of sp³-hybridized carbons (Fsp3) is 0.150. The van der Waals surface area contributed by atoms with Gasteiger partial charge in [-0.2, -0.15) is 15.0 Å². The molecular formula is C20H19ClN8S. The van der Waals surface area contributed by atoms with E-state index < -0.39 is 0 Å². The van der Waals surface area contributed by atoms with E-state index in [4.69, 9.17) is 17.3 Å². The Bertz CT molecular complexity index is 1190. The lowest BCUT2D eigenvalue weighted by molar-refractivity contribution is 0.792. The van der Waals surface area contributed by atoms with Crippen molar-refractivity contribution >= 4 is 40.9 Å². The zero-order chi connectivity index (χ0) is 21.1. The summed E-state index contributed by atoms with van der Waals surface area (Å²) in [5.74, 6) is 2.27. The van der Waals surface area contributed by atoms with Crippen LogP contribution < -0.4 is 11.1 Å². The summed E-state index contributed by atoms with van der Waals surface area (Å²) in [5, 5.41) is 13.1. The SMILES string of the molecule is Cc1ccccc1Nc1nc(N)nc(CSc2nnc(-c3ccccc3Cl)n2C)n1. The highest BCUT2D eigenvalue weighted by Gasteiger charge is 2.15. The molecule has 0 amide bonds. The first-order valence-electron chi connectivity index (χ1n) is 9.11. The van der Waals surface area contributed by atoms with Crippen molar-refractivity contribution in [3.8, 4) is 11.4 Å². The van der Waals surface area contributed by atoms with Gasteiger partial charge >= 0.3 is 0 Å². The van der Waals surface area contributed by atoms with E-state index in [-0.39, 0.29) is 5.95 Å². The van der Waals surface area contributed by atoms with Gasteiger partial charge in [0.2, 0.25) is 11.9 Å². The van der Waals surface area contributed by atoms with Crippen LogP contribution in [0.1, 0.15) is 11.4 Å². The molecule has 4 rings (SSSR count). The lowest BCUT2D eigenvalue weighted by Crippen LogP contribution is -2.07. The molecule has 0 aliphatic carbocycles. The number of hydrogen-bond acceptors (Lipinski definition) is 8. The number of nitrogen functional groups attached to an aromatic ring is 1. The van der Waals surface area contributed by atoms with Crippen molar-refractivity contribution < 1.29 is 0 Å². The van der Waals surface area contributed by atoms with Crippen LogP contribution in [-0.4, -0.2) is 29.7 Å². The molecule has 0 bridgehead atoms. The molecule has 0 radical (unpaired) electrons. The third-order valence-corrected chi connectivity index (χ3v) is 5.72. The zero-order valence-corrected chi connectivity index (χ0v) is 17.9. The Balaban J connectivity index is 1.51. The topological polar surface area (TPSA) is 107 Å². The van der Waals surface area contributed by atoms with E-state index in [1.54, 1.807) is 0 Å². The zero-order valence-electron chi connectivity index (χ0n) is 16.4. The van der Waals surface area contributed by atoms with Crippen molar-refractivity contribution in [2.45, 2.75) is 17.8 Å². The first kappa shape index (κ1) is 20.1. The summed E-state index contributed by atoms with van der Waals surface area (Å²) in [6, 6.07) is 15.4. The summed E-state index contributed by atoms with van der Waals surface area (Å²) in [4.78, 5) is 12.9. The maximum atomic E-state index is 6.29. The average molecular weight is 439 g/mol. The summed E-state index contributed by atoms with van der Waals surface area (Å²) >= 11 is 7.75. The monoisotopic (exact) mass is 438 g/mol. The predicted octanol–water partition coefficient (Wildman–Crippen LogP) is 4.25. The lowest BCUT2D eigenvalue weighted by atomic mass is 10.2. The Kier molecular flexibility index (Phi) is 5.82. The molecule has 4 aromatic rings. The van der Waals surface area contributed by atoms with E-state index in [0.29, 0.717) is 28.4 Å². The largest absolute Gasteiger partial charge is 0.368 e. The number of aryl methyl sites for hydroxylation is 1. The van der Waals surface area contributed by atoms with Crippen LogP contribution >= 0.6 is 23.4 Å². The molecule has 2 aromatic carbocycles. The molecule has 0 aliphatic heterocycles. The molecule has 2 aromatic heterocycles. The molecule has 0 atom stereocenters. The maximum Gasteiger partial charge on any atom is 0.232 e. The molecule has 0 saturated carbocycles. The summed E-state index contributed by atoms with van der Waals surface area (Å²) < 4.78 is 1.89. The van der Waals surface area contributed by atoms with Crippen LogP contribution in [-0.2, 0) is 12.8 Å². The maximum absolute atomic E-state index is 6.29. The van der Waals surface area contributed by atoms with Crippen LogP contribution in [0.5, 0.6) is 0 Å². The Morgan fingerprint density at radius 3 is 2.60 bits per heavy atom. The Labute approximate surface area is 182 Å². The minimum Gasteiger partial charge on any atom is -0.368 e. The quantitative estimate of drug-likeness (QED) is 0.430. The molecule has 0 saturated heterocycles. The molecule has 30 heavy (non-hydrogen) atoms. The van der Waals surface area contributed by atoms with Gasteiger partial charge in [0, 0.05) is 18.3 Å². The van der Waals surface area contributed by atoms with Gasteiger partial charge in [-0.25, -0.2) is 0 Å². The highest BCUT2D eigenvalue weighted by atomic mass is 35.5. The second-order valence-electron chi connectivity index (χ2n) is 6.51. The summed E-state index contributed by atoms with van der Waals surface area (Å²) in [6.45, 7) is 2.01. The Morgan fingerprint density at radius 1 is 1.03 bits per heavy atom. The van der Waals surface area contributed by atoms with Crippen LogP contribution in [0.25, 0.3) is 11.4 Å². The molecule has 0 fully saturated rings. The first-order chi connectivity index (χ1) is 14.5. The molecule has 10 heteroatoms. The smallest absolute Gasteiger partial charge is 0.232 e. The van der Waals surface area contributed by atoms with Gasteiger partial charge in [-0.15, -0.1) is 10.2 Å². The molecule has 0 spiro atoms. The first-order valence-corrected chi connectivity index (χ1v) is 10.5. The molecule has 0 aliphatic rings. The summed E-state index contributed by atoms with van der Waals surface area (Å²) in [7, 11) is 1.90. The van der Waals surface area contributed by atoms with Crippen LogP contribution in [0.3, 0.4) is 0 Å². The summed E-state index contributed by atoms with van der Waals surface area (Å²) in [5.41, 5.74) is 8.71. The van der Waals surface area contributed by atoms with Gasteiger partial charge in [0.05, 0.1) is 10.8 Å². The minimum atomic E-state index is 0.159. The fourth-order valence-electron chi connectivity index (χ4n) is 2.84. The van der Waals surface area contributed by atoms with Gasteiger partial charge in [-0.05, 0) is 30.7 Å². The van der Waals surface area contributed by atoms with Crippen LogP contribution in [0.2, 0.25) is 5.02 Å². The van der Waals surface area contributed by atoms with Gasteiger partial charge in [-0.3, -0.25) is 0 Å². The number of nitrogens with two attached hydrogens (primary N) is 1. The molecule has 8 nitrogen and oxygen atoms in total. The standard InChI is InChI=1S/C20H19ClN8S/c1-12-7-3-6-10-15(12)23-19-25-16(24-18(22)26-19)11-30-20-28-27-17(29(20)2)13-8-4-5-9-14(13)21/h3-10H,11H2,1-2H3,(H3,22,23,24,25,26). The van der Waals surface area contributed by atoms with E-state index >= 15 is 0 Å². The number of benzene rings is 2. The summed E-state index contributed by atoms with van der Waals surface area (Å²) in [6.07, 6.45) is 0. The Morgan fingerprint density at radius 2 is 1.80 bits per heavy atom. The van der Waals surface area contributed by atoms with Crippen LogP contribution in [0.4, 0.5) is 17.6 Å². The van der Waals surface area contributed by atoms with Gasteiger partial charge in [0.1, 0.15) is 5.82 Å². The number of anilines is 3. The van der Waals surface area contributed by atoms with Crippen molar-refractivity contribution in [1.82, 2.24) is 29.7 Å². The predicted molar refractivity (Wildman–Crippen MR) is 120 cm³/mol. The number of thioether (sulfide) groups is 1. The lowest BCUT2D eigenvalue weighted by Gasteiger charge is -2.09. The van der Waals surface area contributed by atoms with Crippen LogP contribution in [0, 0.1) is 6.92 Å². The number of aromatic nitrogens is 6. The van der Waals surface area contributed by atoms with Gasteiger partial charge in [-0.1, -0.05) is 53.7 Å². The average Bonchev–Trinajstić information content (AvgIpc) is 3.08. The second kappa shape index (κ2) is 8.68. The van der Waals surface area contributed by atoms with Crippen molar-refractivity contribution in [1.29, 1.82) is 0 Å². The van der Waals surface area contributed by atoms with E-state index in [0.717, 1.165) is 22.0 Å². The number of rotatable bonds is 6. The minimum absolute atomic E-state index is 0.159. The van der Waals surface area contributed by atoms with Gasteiger partial charge in [0.15, 0.2) is 11.0 Å². The number of nitrogens with zero attached hydrogens (tertiary/aromatic N) is 6. The second-order valence-corrected chi connectivity index (χ2v) is 7.86. The van der Waals surface area contributed by atoms with Crippen molar-refractivity contribution in [3.63, 3.8) is 0 Å². The highest BCUT2D eigenvalue weighted by molar-refractivity contribution is 7.98. The number of hydrogen-bond donors (Lipinski definition) is 2. The van der Waals surface area contributed by atoms with Crippen molar-refractivity contribution in [2.75, 3.05) is 11.1 Å². The van der Waals surface area contributed by atoms with Gasteiger partial charge < -0.3 is 15.6 Å². The fourth-order valence-corrected chi connectivity index (χ4v) is 3.83. The van der Waals surface area contributed by atoms with Crippen molar-refractivity contribution in [3.05, 3.63) is 64.9 Å². The van der Waals surface area contributed by atoms with Gasteiger partial charge in [0.25, 0.3) is 0 Å². The normalized spacial score (nSPS) is 10.9. The molecule has 152 valence electrons. The van der Waals surface area contributed by atoms with E-state index in [1.165, 1.54) is 11.8 Å². The molecular weight excluding hydrogens is 420 g/mol. The van der Waals surface area contributed by atoms with E-state index in [2.05, 4.69) is 30.5 Å². The van der Waals surface area contributed by atoms with Crippen molar-refractivity contribution in [2.24, 2.45) is 7.05 Å². The van der Waals surface area contributed by atoms with E-state index in [1.807, 2.05) is 67.1 Å². The molecule has 3 N–H and O–H groups in total. The number of halogens is 1.